The molecule has 23 heavy (non-hydrogen) atoms. The molecule has 2 aromatic rings. The summed E-state index contributed by atoms with van der Waals surface area (Å²) in [5, 5.41) is 3.06. The molecule has 0 unspecified atom stereocenters. The molecule has 0 spiro atoms. The lowest BCUT2D eigenvalue weighted by Crippen LogP contribution is -2.25. The fraction of sp³-hybridized carbons (Fsp3) is 0.294. The summed E-state index contributed by atoms with van der Waals surface area (Å²) in [4.78, 5) is 8.58. The number of para-hydroxylation sites is 1. The van der Waals surface area contributed by atoms with Crippen molar-refractivity contribution in [1.29, 1.82) is 0 Å². The summed E-state index contributed by atoms with van der Waals surface area (Å²) in [6.45, 7) is 0.495. The maximum atomic E-state index is 5.90. The summed E-state index contributed by atoms with van der Waals surface area (Å²) in [7, 11) is 0. The summed E-state index contributed by atoms with van der Waals surface area (Å²) in [6.07, 6.45) is 5.57. The van der Waals surface area contributed by atoms with Gasteiger partial charge in [-0.2, -0.15) is 0 Å². The highest BCUT2D eigenvalue weighted by atomic mass is 127. The molecular formula is C17H21IN4O. The van der Waals surface area contributed by atoms with E-state index in [9.17, 15) is 0 Å². The second kappa shape index (κ2) is 8.71. The van der Waals surface area contributed by atoms with Crippen molar-refractivity contribution in [1.82, 2.24) is 4.98 Å². The highest BCUT2D eigenvalue weighted by Crippen LogP contribution is 2.24. The van der Waals surface area contributed by atoms with Gasteiger partial charge < -0.3 is 15.8 Å². The molecule has 0 bridgehead atoms. The van der Waals surface area contributed by atoms with Crippen molar-refractivity contribution >= 4 is 35.6 Å². The first-order chi connectivity index (χ1) is 10.8. The lowest BCUT2D eigenvalue weighted by atomic mass is 9.96. The van der Waals surface area contributed by atoms with Gasteiger partial charge in [0.1, 0.15) is 6.10 Å². The molecule has 1 fully saturated rings. The molecule has 3 rings (SSSR count). The highest BCUT2D eigenvalue weighted by Gasteiger charge is 2.19. The third kappa shape index (κ3) is 5.38. The normalized spacial score (nSPS) is 14.5. The van der Waals surface area contributed by atoms with E-state index in [1.165, 1.54) is 6.42 Å². The number of ether oxygens (including phenoxy) is 1. The van der Waals surface area contributed by atoms with Crippen LogP contribution >= 0.6 is 24.0 Å². The zero-order valence-electron chi connectivity index (χ0n) is 12.8. The van der Waals surface area contributed by atoms with Gasteiger partial charge in [-0.25, -0.2) is 9.98 Å². The minimum atomic E-state index is 0. The number of rotatable bonds is 5. The summed E-state index contributed by atoms with van der Waals surface area (Å²) in [5.41, 5.74) is 7.85. The Balaban J connectivity index is 0.00000192. The number of nitrogens with one attached hydrogen (secondary N) is 1. The van der Waals surface area contributed by atoms with Gasteiger partial charge in [-0.3, -0.25) is 0 Å². The van der Waals surface area contributed by atoms with Crippen molar-refractivity contribution in [3.8, 4) is 5.88 Å². The molecule has 5 nitrogen and oxygen atoms in total. The molecule has 6 heteroatoms. The molecule has 1 aliphatic rings. The number of anilines is 1. The van der Waals surface area contributed by atoms with Gasteiger partial charge >= 0.3 is 0 Å². The zero-order chi connectivity index (χ0) is 15.2. The molecular weight excluding hydrogens is 403 g/mol. The van der Waals surface area contributed by atoms with E-state index in [0.29, 0.717) is 24.5 Å². The van der Waals surface area contributed by atoms with E-state index in [-0.39, 0.29) is 24.0 Å². The van der Waals surface area contributed by atoms with Crippen molar-refractivity contribution in [2.75, 3.05) is 5.32 Å². The maximum Gasteiger partial charge on any atom is 0.213 e. The number of hydrogen-bond acceptors (Lipinski definition) is 3. The van der Waals surface area contributed by atoms with Gasteiger partial charge in [0.2, 0.25) is 5.88 Å². The van der Waals surface area contributed by atoms with E-state index in [0.717, 1.165) is 24.1 Å². The first kappa shape index (κ1) is 17.5. The van der Waals surface area contributed by atoms with E-state index in [1.807, 2.05) is 42.5 Å². The van der Waals surface area contributed by atoms with Crippen molar-refractivity contribution in [3.05, 3.63) is 54.2 Å². The van der Waals surface area contributed by atoms with Gasteiger partial charge in [0.15, 0.2) is 5.96 Å². The lowest BCUT2D eigenvalue weighted by molar-refractivity contribution is 0.114. The van der Waals surface area contributed by atoms with Gasteiger partial charge in [-0.1, -0.05) is 18.2 Å². The fourth-order valence-corrected chi connectivity index (χ4v) is 2.16. The average molecular weight is 424 g/mol. The number of benzene rings is 1. The van der Waals surface area contributed by atoms with Crippen molar-refractivity contribution in [2.24, 2.45) is 10.7 Å². The molecule has 0 saturated heterocycles. The Morgan fingerprint density at radius 1 is 1.26 bits per heavy atom. The SMILES string of the molecule is I.NC(=NCc1ccnc(OC2CCC2)c1)Nc1ccccc1. The van der Waals surface area contributed by atoms with E-state index < -0.39 is 0 Å². The first-order valence-corrected chi connectivity index (χ1v) is 7.53. The smallest absolute Gasteiger partial charge is 0.213 e. The van der Waals surface area contributed by atoms with Crippen LogP contribution in [0.2, 0.25) is 0 Å². The van der Waals surface area contributed by atoms with Gasteiger partial charge in [-0.05, 0) is 43.0 Å². The van der Waals surface area contributed by atoms with Crippen LogP contribution < -0.4 is 15.8 Å². The first-order valence-electron chi connectivity index (χ1n) is 7.53. The molecule has 1 aromatic heterocycles. The Kier molecular flexibility index (Phi) is 6.64. The minimum absolute atomic E-state index is 0. The second-order valence-corrected chi connectivity index (χ2v) is 5.37. The molecule has 0 atom stereocenters. The van der Waals surface area contributed by atoms with E-state index in [4.69, 9.17) is 10.5 Å². The predicted octanol–water partition coefficient (Wildman–Crippen LogP) is 3.56. The van der Waals surface area contributed by atoms with Crippen LogP contribution in [0, 0.1) is 0 Å². The van der Waals surface area contributed by atoms with Crippen LogP contribution in [0.25, 0.3) is 0 Å². The van der Waals surface area contributed by atoms with Crippen molar-refractivity contribution in [2.45, 2.75) is 31.9 Å². The van der Waals surface area contributed by atoms with Gasteiger partial charge in [-0.15, -0.1) is 24.0 Å². The van der Waals surface area contributed by atoms with Crippen LogP contribution in [-0.2, 0) is 6.54 Å². The monoisotopic (exact) mass is 424 g/mol. The Morgan fingerprint density at radius 3 is 2.74 bits per heavy atom. The molecule has 0 amide bonds. The number of nitrogens with two attached hydrogens (primary N) is 1. The Labute approximate surface area is 153 Å². The van der Waals surface area contributed by atoms with Gasteiger partial charge in [0.05, 0.1) is 6.54 Å². The average Bonchev–Trinajstić information content (AvgIpc) is 2.50. The third-order valence-electron chi connectivity index (χ3n) is 3.62. The Morgan fingerprint density at radius 2 is 2.04 bits per heavy atom. The van der Waals surface area contributed by atoms with Crippen LogP contribution in [0.3, 0.4) is 0 Å². The predicted molar refractivity (Wildman–Crippen MR) is 103 cm³/mol. The lowest BCUT2D eigenvalue weighted by Gasteiger charge is -2.25. The highest BCUT2D eigenvalue weighted by molar-refractivity contribution is 14.0. The summed E-state index contributed by atoms with van der Waals surface area (Å²) < 4.78 is 5.79. The van der Waals surface area contributed by atoms with E-state index in [1.54, 1.807) is 6.20 Å². The van der Waals surface area contributed by atoms with Crippen LogP contribution in [0.1, 0.15) is 24.8 Å². The summed E-state index contributed by atoms with van der Waals surface area (Å²) in [6, 6.07) is 13.6. The molecule has 1 aliphatic carbocycles. The standard InChI is InChI=1S/C17H20N4O.HI/c18-17(21-14-5-2-1-3-6-14)20-12-13-9-10-19-16(11-13)22-15-7-4-8-15;/h1-3,5-6,9-11,15H,4,7-8,12H2,(H3,18,20,21);1H. The van der Waals surface area contributed by atoms with Crippen LogP contribution in [0.4, 0.5) is 5.69 Å². The Hall–Kier alpha value is -1.83. The summed E-state index contributed by atoms with van der Waals surface area (Å²) in [5.74, 6) is 1.07. The number of aromatic nitrogens is 1. The van der Waals surface area contributed by atoms with Crippen molar-refractivity contribution in [3.63, 3.8) is 0 Å². The molecule has 0 aliphatic heterocycles. The van der Waals surface area contributed by atoms with Crippen LogP contribution in [-0.4, -0.2) is 17.0 Å². The maximum absolute atomic E-state index is 5.90. The number of halogens is 1. The van der Waals surface area contributed by atoms with E-state index >= 15 is 0 Å². The number of aliphatic imine (C=N–C) groups is 1. The molecule has 1 saturated carbocycles. The number of pyridine rings is 1. The quantitative estimate of drug-likeness (QED) is 0.438. The van der Waals surface area contributed by atoms with Crippen LogP contribution in [0.15, 0.2) is 53.7 Å². The largest absolute Gasteiger partial charge is 0.474 e. The number of guanidine groups is 1. The summed E-state index contributed by atoms with van der Waals surface area (Å²) >= 11 is 0. The van der Waals surface area contributed by atoms with E-state index in [2.05, 4.69) is 15.3 Å². The van der Waals surface area contributed by atoms with Gasteiger partial charge in [0.25, 0.3) is 0 Å². The topological polar surface area (TPSA) is 72.5 Å². The molecule has 122 valence electrons. The molecule has 3 N–H and O–H groups in total. The second-order valence-electron chi connectivity index (χ2n) is 5.37. The van der Waals surface area contributed by atoms with Gasteiger partial charge in [0, 0.05) is 18.0 Å². The zero-order valence-corrected chi connectivity index (χ0v) is 15.1. The molecule has 1 heterocycles. The Bertz CT molecular complexity index is 644. The van der Waals surface area contributed by atoms with Crippen molar-refractivity contribution < 1.29 is 4.74 Å². The molecule has 0 radical (unpaired) electrons. The minimum Gasteiger partial charge on any atom is -0.474 e. The number of nitrogens with zero attached hydrogens (tertiary/aromatic N) is 2. The third-order valence-corrected chi connectivity index (χ3v) is 3.62. The number of hydrogen-bond donors (Lipinski definition) is 2. The van der Waals surface area contributed by atoms with Crippen LogP contribution in [0.5, 0.6) is 5.88 Å². The molecule has 1 aromatic carbocycles. The fourth-order valence-electron chi connectivity index (χ4n) is 2.16.